The minimum atomic E-state index is -0.317. The van der Waals surface area contributed by atoms with Crippen LogP contribution in [0.3, 0.4) is 0 Å². The maximum Gasteiger partial charge on any atom is 0.243 e. The van der Waals surface area contributed by atoms with E-state index in [0.29, 0.717) is 6.42 Å². The summed E-state index contributed by atoms with van der Waals surface area (Å²) in [6.45, 7) is 6.12. The highest BCUT2D eigenvalue weighted by Crippen LogP contribution is 1.82. The number of nitrogens with one attached hydrogen (secondary N) is 1. The van der Waals surface area contributed by atoms with E-state index >= 15 is 0 Å². The van der Waals surface area contributed by atoms with Gasteiger partial charge in [-0.3, -0.25) is 10.0 Å². The fraction of sp³-hybridized carbons (Fsp3) is 0.857. The largest absolute Gasteiger partial charge is 0.289 e. The van der Waals surface area contributed by atoms with Gasteiger partial charge in [0, 0.05) is 6.42 Å². The van der Waals surface area contributed by atoms with Gasteiger partial charge in [0.1, 0.15) is 0 Å². The van der Waals surface area contributed by atoms with Crippen molar-refractivity contribution in [1.82, 2.24) is 5.48 Å². The molecule has 0 aliphatic rings. The van der Waals surface area contributed by atoms with Gasteiger partial charge < -0.3 is 0 Å². The van der Waals surface area contributed by atoms with Crippen LogP contribution < -0.4 is 5.48 Å². The van der Waals surface area contributed by atoms with Gasteiger partial charge in [0.2, 0.25) is 5.91 Å². The molecule has 0 fully saturated rings. The zero-order chi connectivity index (χ0) is 8.41. The average molecular weight is 147 g/mol. The van der Waals surface area contributed by atoms with E-state index in [2.05, 4.69) is 13.8 Å². The fourth-order valence-corrected chi connectivity index (χ4v) is 0.283. The second kappa shape index (κ2) is 11.3. The van der Waals surface area contributed by atoms with E-state index in [0.717, 1.165) is 6.42 Å². The Labute approximate surface area is 62.4 Å². The Bertz CT molecular complexity index is 74.0. The van der Waals surface area contributed by atoms with Crippen LogP contribution in [0, 0.1) is 0 Å². The van der Waals surface area contributed by atoms with Crippen LogP contribution in [0.2, 0.25) is 0 Å². The van der Waals surface area contributed by atoms with Crippen LogP contribution in [0.5, 0.6) is 0 Å². The molecule has 0 spiro atoms. The van der Waals surface area contributed by atoms with Gasteiger partial charge in [-0.15, -0.1) is 0 Å². The molecule has 0 atom stereocenters. The lowest BCUT2D eigenvalue weighted by Gasteiger charge is -1.89. The molecule has 0 saturated heterocycles. The molecule has 0 radical (unpaired) electrons. The van der Waals surface area contributed by atoms with Crippen LogP contribution >= 0.6 is 0 Å². The normalized spacial score (nSPS) is 7.60. The fourth-order valence-electron chi connectivity index (χ4n) is 0.283. The molecule has 2 N–H and O–H groups in total. The van der Waals surface area contributed by atoms with Crippen molar-refractivity contribution in [3.8, 4) is 0 Å². The Balaban J connectivity index is 0. The molecule has 0 aliphatic carbocycles. The van der Waals surface area contributed by atoms with Crippen molar-refractivity contribution < 1.29 is 10.0 Å². The van der Waals surface area contributed by atoms with Crippen molar-refractivity contribution in [1.29, 1.82) is 0 Å². The number of rotatable bonds is 2. The van der Waals surface area contributed by atoms with Gasteiger partial charge in [0.25, 0.3) is 0 Å². The molecule has 0 saturated carbocycles. The highest BCUT2D eigenvalue weighted by atomic mass is 16.5. The minimum absolute atomic E-state index is 0.317. The summed E-state index contributed by atoms with van der Waals surface area (Å²) >= 11 is 0. The predicted octanol–water partition coefficient (Wildman–Crippen LogP) is 1.71. The van der Waals surface area contributed by atoms with Crippen molar-refractivity contribution in [2.24, 2.45) is 0 Å². The van der Waals surface area contributed by atoms with E-state index in [-0.39, 0.29) is 5.91 Å². The van der Waals surface area contributed by atoms with Gasteiger partial charge in [-0.2, -0.15) is 0 Å². The molecule has 1 amide bonds. The van der Waals surface area contributed by atoms with Crippen LogP contribution in [0.15, 0.2) is 0 Å². The molecule has 0 aromatic heterocycles. The van der Waals surface area contributed by atoms with Gasteiger partial charge in [0.15, 0.2) is 0 Å². The lowest BCUT2D eigenvalue weighted by atomic mass is 10.3. The third-order valence-electron chi connectivity index (χ3n) is 0.602. The predicted molar refractivity (Wildman–Crippen MR) is 40.8 cm³/mol. The Morgan fingerprint density at radius 2 is 1.80 bits per heavy atom. The smallest absolute Gasteiger partial charge is 0.243 e. The van der Waals surface area contributed by atoms with E-state index in [1.54, 1.807) is 0 Å². The molecule has 3 nitrogen and oxygen atoms in total. The maximum atomic E-state index is 10.1. The van der Waals surface area contributed by atoms with Gasteiger partial charge in [-0.05, 0) is 6.42 Å². The second-order valence-corrected chi connectivity index (χ2v) is 1.99. The third-order valence-corrected chi connectivity index (χ3v) is 0.602. The quantitative estimate of drug-likeness (QED) is 0.461. The van der Waals surface area contributed by atoms with Crippen LogP contribution in [-0.4, -0.2) is 11.1 Å². The highest BCUT2D eigenvalue weighted by molar-refractivity contribution is 5.74. The summed E-state index contributed by atoms with van der Waals surface area (Å²) < 4.78 is 0. The summed E-state index contributed by atoms with van der Waals surface area (Å²) in [5, 5.41) is 7.87. The zero-order valence-corrected chi connectivity index (χ0v) is 6.98. The van der Waals surface area contributed by atoms with Crippen LogP contribution in [0.25, 0.3) is 0 Å². The Hall–Kier alpha value is -0.570. The molecule has 62 valence electrons. The number of hydroxylamine groups is 1. The second-order valence-electron chi connectivity index (χ2n) is 1.99. The molecular weight excluding hydrogens is 130 g/mol. The summed E-state index contributed by atoms with van der Waals surface area (Å²) in [6.07, 6.45) is 2.42. The first kappa shape index (κ1) is 12.1. The van der Waals surface area contributed by atoms with Crippen molar-refractivity contribution in [2.75, 3.05) is 0 Å². The molecule has 0 rings (SSSR count). The summed E-state index contributed by atoms with van der Waals surface area (Å²) in [5.74, 6) is -0.317. The van der Waals surface area contributed by atoms with E-state index in [4.69, 9.17) is 5.21 Å². The first-order chi connectivity index (χ1) is 4.72. The van der Waals surface area contributed by atoms with Crippen molar-refractivity contribution in [3.63, 3.8) is 0 Å². The maximum absolute atomic E-state index is 10.1. The Morgan fingerprint density at radius 1 is 1.40 bits per heavy atom. The Kier molecular flexibility index (Phi) is 13.7. The zero-order valence-electron chi connectivity index (χ0n) is 6.98. The standard InChI is InChI=1S/C4H9NO2.C3H8/c1-2-3-4(6)5-7;1-3-2/h7H,2-3H2,1H3,(H,5,6);3H2,1-2H3. The molecule has 0 bridgehead atoms. The summed E-state index contributed by atoms with van der Waals surface area (Å²) in [6, 6.07) is 0. The first-order valence-electron chi connectivity index (χ1n) is 3.65. The lowest BCUT2D eigenvalue weighted by Crippen LogP contribution is -2.17. The molecule has 0 heterocycles. The molecule has 0 aromatic rings. The van der Waals surface area contributed by atoms with E-state index in [1.807, 2.05) is 6.92 Å². The van der Waals surface area contributed by atoms with Gasteiger partial charge >= 0.3 is 0 Å². The summed E-state index contributed by atoms with van der Waals surface area (Å²) in [4.78, 5) is 10.1. The van der Waals surface area contributed by atoms with Crippen LogP contribution in [0.4, 0.5) is 0 Å². The van der Waals surface area contributed by atoms with Gasteiger partial charge in [-0.25, -0.2) is 5.48 Å². The monoisotopic (exact) mass is 147 g/mol. The number of carbonyl (C=O) groups excluding carboxylic acids is 1. The first-order valence-corrected chi connectivity index (χ1v) is 3.65. The molecule has 3 heteroatoms. The minimum Gasteiger partial charge on any atom is -0.289 e. The molecule has 10 heavy (non-hydrogen) atoms. The summed E-state index contributed by atoms with van der Waals surface area (Å²) in [5.41, 5.74) is 1.53. The van der Waals surface area contributed by atoms with Crippen molar-refractivity contribution in [3.05, 3.63) is 0 Å². The van der Waals surface area contributed by atoms with Gasteiger partial charge in [0.05, 0.1) is 0 Å². The van der Waals surface area contributed by atoms with Crippen LogP contribution in [0.1, 0.15) is 40.0 Å². The van der Waals surface area contributed by atoms with E-state index < -0.39 is 0 Å². The highest BCUT2D eigenvalue weighted by Gasteiger charge is 1.91. The molecule has 0 unspecified atom stereocenters. The Morgan fingerprint density at radius 3 is 1.90 bits per heavy atom. The molecule has 0 aliphatic heterocycles. The number of amides is 1. The topological polar surface area (TPSA) is 49.3 Å². The molecular formula is C7H17NO2. The van der Waals surface area contributed by atoms with Crippen molar-refractivity contribution in [2.45, 2.75) is 40.0 Å². The SMILES string of the molecule is CCC.CCCC(=O)NO. The van der Waals surface area contributed by atoms with Gasteiger partial charge in [-0.1, -0.05) is 27.2 Å². The molecule has 0 aromatic carbocycles. The average Bonchev–Trinajstić information content (AvgIpc) is 1.90. The van der Waals surface area contributed by atoms with E-state index in [1.165, 1.54) is 11.9 Å². The summed E-state index contributed by atoms with van der Waals surface area (Å²) in [7, 11) is 0. The van der Waals surface area contributed by atoms with Crippen molar-refractivity contribution >= 4 is 5.91 Å². The number of hydrogen-bond acceptors (Lipinski definition) is 2. The lowest BCUT2D eigenvalue weighted by molar-refractivity contribution is -0.129. The third kappa shape index (κ3) is 15.7. The number of hydrogen-bond donors (Lipinski definition) is 2. The van der Waals surface area contributed by atoms with Crippen LogP contribution in [-0.2, 0) is 4.79 Å². The van der Waals surface area contributed by atoms with E-state index in [9.17, 15) is 4.79 Å². The number of carbonyl (C=O) groups is 1.